The molecule has 1 fully saturated rings. The Labute approximate surface area is 106 Å². The van der Waals surface area contributed by atoms with Crippen LogP contribution < -0.4 is 5.43 Å². The molecule has 1 amide bonds. The van der Waals surface area contributed by atoms with Gasteiger partial charge in [-0.25, -0.2) is 9.82 Å². The van der Waals surface area contributed by atoms with Gasteiger partial charge >= 0.3 is 0 Å². The molecule has 0 radical (unpaired) electrons. The quantitative estimate of drug-likeness (QED) is 0.803. The number of hydrogen-bond acceptors (Lipinski definition) is 2. The fraction of sp³-hybridized carbons (Fsp3) is 0.429. The first-order chi connectivity index (χ1) is 8.65. The molecule has 1 aliphatic carbocycles. The molecule has 2 rings (SSSR count). The van der Waals surface area contributed by atoms with Gasteiger partial charge in [0.2, 0.25) is 0 Å². The summed E-state index contributed by atoms with van der Waals surface area (Å²) < 4.78 is 12.7. The lowest BCUT2D eigenvalue weighted by molar-refractivity contribution is 0.0954. The Bertz CT molecular complexity index is 453. The van der Waals surface area contributed by atoms with Gasteiger partial charge in [-0.3, -0.25) is 4.79 Å². The number of nitrogens with one attached hydrogen (secondary N) is 1. The van der Waals surface area contributed by atoms with Gasteiger partial charge in [0.15, 0.2) is 0 Å². The molecule has 0 heterocycles. The Kier molecular flexibility index (Phi) is 4.07. The number of rotatable bonds is 2. The molecule has 18 heavy (non-hydrogen) atoms. The highest BCUT2D eigenvalue weighted by molar-refractivity contribution is 5.95. The maximum Gasteiger partial charge on any atom is 0.271 e. The molecule has 0 spiro atoms. The van der Waals surface area contributed by atoms with Gasteiger partial charge in [-0.2, -0.15) is 5.10 Å². The van der Waals surface area contributed by atoms with Gasteiger partial charge in [0.25, 0.3) is 5.91 Å². The molecule has 0 aromatic heterocycles. The van der Waals surface area contributed by atoms with Gasteiger partial charge in [-0.1, -0.05) is 6.92 Å². The van der Waals surface area contributed by atoms with E-state index in [-0.39, 0.29) is 11.7 Å². The van der Waals surface area contributed by atoms with Crippen LogP contribution in [0, 0.1) is 11.7 Å². The Hall–Kier alpha value is -1.71. The molecule has 1 atom stereocenters. The van der Waals surface area contributed by atoms with Crippen molar-refractivity contribution in [3.63, 3.8) is 0 Å². The summed E-state index contributed by atoms with van der Waals surface area (Å²) in [7, 11) is 0. The average Bonchev–Trinajstić information content (AvgIpc) is 2.37. The van der Waals surface area contributed by atoms with E-state index in [9.17, 15) is 9.18 Å². The van der Waals surface area contributed by atoms with E-state index in [4.69, 9.17) is 0 Å². The van der Waals surface area contributed by atoms with Crippen LogP contribution in [0.2, 0.25) is 0 Å². The standard InChI is InChI=1S/C14H17FN2O/c1-10-3-2-4-13(9-10)16-17-14(18)11-5-7-12(15)8-6-11/h5-8,10H,2-4,9H2,1H3,(H,17,18). The van der Waals surface area contributed by atoms with E-state index in [0.717, 1.165) is 25.0 Å². The molecule has 1 aromatic carbocycles. The van der Waals surface area contributed by atoms with Gasteiger partial charge < -0.3 is 0 Å². The molecule has 0 saturated heterocycles. The van der Waals surface area contributed by atoms with Crippen LogP contribution in [-0.2, 0) is 0 Å². The SMILES string of the molecule is CC1CCCC(=NNC(=O)c2ccc(F)cc2)C1. The van der Waals surface area contributed by atoms with Crippen LogP contribution in [0.3, 0.4) is 0 Å². The summed E-state index contributed by atoms with van der Waals surface area (Å²) in [6, 6.07) is 5.44. The Morgan fingerprint density at radius 2 is 2.11 bits per heavy atom. The third kappa shape index (κ3) is 3.39. The van der Waals surface area contributed by atoms with E-state index in [0.29, 0.717) is 11.5 Å². The molecule has 0 bridgehead atoms. The van der Waals surface area contributed by atoms with Crippen LogP contribution >= 0.6 is 0 Å². The zero-order valence-corrected chi connectivity index (χ0v) is 10.4. The zero-order chi connectivity index (χ0) is 13.0. The molecule has 3 nitrogen and oxygen atoms in total. The van der Waals surface area contributed by atoms with Gasteiger partial charge in [0.05, 0.1) is 0 Å². The summed E-state index contributed by atoms with van der Waals surface area (Å²) in [6.45, 7) is 2.19. The van der Waals surface area contributed by atoms with Crippen LogP contribution in [0.5, 0.6) is 0 Å². The van der Waals surface area contributed by atoms with Crippen molar-refractivity contribution in [3.05, 3.63) is 35.6 Å². The van der Waals surface area contributed by atoms with E-state index in [2.05, 4.69) is 17.5 Å². The van der Waals surface area contributed by atoms with E-state index in [1.54, 1.807) is 0 Å². The fourth-order valence-electron chi connectivity index (χ4n) is 2.16. The van der Waals surface area contributed by atoms with Crippen LogP contribution in [0.25, 0.3) is 0 Å². The predicted molar refractivity (Wildman–Crippen MR) is 68.9 cm³/mol. The summed E-state index contributed by atoms with van der Waals surface area (Å²) in [6.07, 6.45) is 4.26. The minimum absolute atomic E-state index is 0.291. The first-order valence-corrected chi connectivity index (χ1v) is 6.26. The van der Waals surface area contributed by atoms with Crippen molar-refractivity contribution in [2.75, 3.05) is 0 Å². The van der Waals surface area contributed by atoms with E-state index >= 15 is 0 Å². The van der Waals surface area contributed by atoms with E-state index < -0.39 is 0 Å². The van der Waals surface area contributed by atoms with Crippen molar-refractivity contribution >= 4 is 11.6 Å². The number of carbonyl (C=O) groups excluding carboxylic acids is 1. The summed E-state index contributed by atoms with van der Waals surface area (Å²) in [5, 5.41) is 4.16. The molecule has 1 unspecified atom stereocenters. The maximum atomic E-state index is 12.7. The van der Waals surface area contributed by atoms with Crippen LogP contribution in [-0.4, -0.2) is 11.6 Å². The molecule has 1 saturated carbocycles. The third-order valence-electron chi connectivity index (χ3n) is 3.17. The average molecular weight is 248 g/mol. The van der Waals surface area contributed by atoms with Crippen molar-refractivity contribution in [1.82, 2.24) is 5.43 Å². The van der Waals surface area contributed by atoms with Crippen LogP contribution in [0.1, 0.15) is 43.0 Å². The smallest absolute Gasteiger partial charge is 0.267 e. The van der Waals surface area contributed by atoms with Gasteiger partial charge in [0.1, 0.15) is 5.82 Å². The molecule has 1 aromatic rings. The van der Waals surface area contributed by atoms with Crippen molar-refractivity contribution < 1.29 is 9.18 Å². The third-order valence-corrected chi connectivity index (χ3v) is 3.17. The number of hydrogen-bond donors (Lipinski definition) is 1. The zero-order valence-electron chi connectivity index (χ0n) is 10.4. The number of amides is 1. The monoisotopic (exact) mass is 248 g/mol. The van der Waals surface area contributed by atoms with Crippen molar-refractivity contribution in [3.8, 4) is 0 Å². The van der Waals surface area contributed by atoms with E-state index in [1.807, 2.05) is 0 Å². The summed E-state index contributed by atoms with van der Waals surface area (Å²) in [4.78, 5) is 11.7. The second-order valence-electron chi connectivity index (χ2n) is 4.83. The fourth-order valence-corrected chi connectivity index (χ4v) is 2.16. The topological polar surface area (TPSA) is 41.5 Å². The summed E-state index contributed by atoms with van der Waals surface area (Å²) in [5.74, 6) is -0.0000752. The summed E-state index contributed by atoms with van der Waals surface area (Å²) >= 11 is 0. The lowest BCUT2D eigenvalue weighted by Gasteiger charge is -2.18. The van der Waals surface area contributed by atoms with E-state index in [1.165, 1.54) is 30.7 Å². The van der Waals surface area contributed by atoms with Crippen molar-refractivity contribution in [2.24, 2.45) is 11.0 Å². The van der Waals surface area contributed by atoms with Crippen molar-refractivity contribution in [1.29, 1.82) is 0 Å². The largest absolute Gasteiger partial charge is 0.271 e. The maximum absolute atomic E-state index is 12.7. The molecule has 4 heteroatoms. The second-order valence-corrected chi connectivity index (χ2v) is 4.83. The number of nitrogens with zero attached hydrogens (tertiary/aromatic N) is 1. The molecule has 96 valence electrons. The van der Waals surface area contributed by atoms with Crippen LogP contribution in [0.4, 0.5) is 4.39 Å². The second kappa shape index (κ2) is 5.76. The number of halogens is 1. The molecule has 0 aliphatic heterocycles. The minimum Gasteiger partial charge on any atom is -0.267 e. The lowest BCUT2D eigenvalue weighted by atomic mass is 9.89. The molecule has 1 aliphatic rings. The number of hydrazone groups is 1. The Morgan fingerprint density at radius 3 is 2.78 bits per heavy atom. The van der Waals surface area contributed by atoms with Gasteiger partial charge in [0, 0.05) is 11.3 Å². The Morgan fingerprint density at radius 1 is 1.39 bits per heavy atom. The summed E-state index contributed by atoms with van der Waals surface area (Å²) in [5.41, 5.74) is 4.00. The predicted octanol–water partition coefficient (Wildman–Crippen LogP) is 3.12. The first-order valence-electron chi connectivity index (χ1n) is 6.26. The minimum atomic E-state index is -0.348. The molecular formula is C14H17FN2O. The number of carbonyl (C=O) groups is 1. The highest BCUT2D eigenvalue weighted by Gasteiger charge is 2.14. The van der Waals surface area contributed by atoms with Crippen LogP contribution in [0.15, 0.2) is 29.4 Å². The highest BCUT2D eigenvalue weighted by Crippen LogP contribution is 2.20. The first kappa shape index (κ1) is 12.7. The number of benzene rings is 1. The lowest BCUT2D eigenvalue weighted by Crippen LogP contribution is -2.22. The van der Waals surface area contributed by atoms with Crippen molar-refractivity contribution in [2.45, 2.75) is 32.6 Å². The van der Waals surface area contributed by atoms with Gasteiger partial charge in [-0.05, 0) is 55.9 Å². The molecule has 1 N–H and O–H groups in total. The normalized spacial score (nSPS) is 21.9. The molecular weight excluding hydrogens is 231 g/mol. The Balaban J connectivity index is 1.95. The van der Waals surface area contributed by atoms with Gasteiger partial charge in [-0.15, -0.1) is 0 Å². The highest BCUT2D eigenvalue weighted by atomic mass is 19.1.